The van der Waals surface area contributed by atoms with Crippen molar-refractivity contribution in [2.45, 2.75) is 38.3 Å². The minimum atomic E-state index is 0.688. The smallest absolute Gasteiger partial charge is 0.0477 e. The highest BCUT2D eigenvalue weighted by atomic mass is 16.5. The summed E-state index contributed by atoms with van der Waals surface area (Å²) in [7, 11) is 1.79. The highest BCUT2D eigenvalue weighted by molar-refractivity contribution is 4.88. The predicted octanol–water partition coefficient (Wildman–Crippen LogP) is 1.19. The number of methoxy groups -OCH3 is 1. The van der Waals surface area contributed by atoms with Crippen LogP contribution in [0.15, 0.2) is 0 Å². The van der Waals surface area contributed by atoms with Gasteiger partial charge in [0.25, 0.3) is 0 Å². The van der Waals surface area contributed by atoms with Crippen LogP contribution in [0.5, 0.6) is 0 Å². The van der Waals surface area contributed by atoms with Gasteiger partial charge in [-0.3, -0.25) is 9.80 Å². The fourth-order valence-corrected chi connectivity index (χ4v) is 2.89. The van der Waals surface area contributed by atoms with Crippen molar-refractivity contribution in [3.8, 4) is 0 Å². The molecule has 2 aliphatic heterocycles. The number of nitrogens with zero attached hydrogens (tertiary/aromatic N) is 2. The van der Waals surface area contributed by atoms with Crippen LogP contribution in [0.25, 0.3) is 0 Å². The van der Waals surface area contributed by atoms with Gasteiger partial charge in [-0.15, -0.1) is 0 Å². The van der Waals surface area contributed by atoms with Gasteiger partial charge in [0, 0.05) is 45.4 Å². The van der Waals surface area contributed by atoms with Crippen LogP contribution in [0.3, 0.4) is 0 Å². The lowest BCUT2D eigenvalue weighted by Gasteiger charge is -2.40. The molecule has 15 heavy (non-hydrogen) atoms. The van der Waals surface area contributed by atoms with Crippen LogP contribution in [-0.2, 0) is 4.74 Å². The third-order valence-corrected chi connectivity index (χ3v) is 3.98. The van der Waals surface area contributed by atoms with Crippen molar-refractivity contribution in [1.29, 1.82) is 0 Å². The van der Waals surface area contributed by atoms with Gasteiger partial charge >= 0.3 is 0 Å². The van der Waals surface area contributed by atoms with Gasteiger partial charge in [-0.1, -0.05) is 0 Å². The molecule has 0 bridgehead atoms. The van der Waals surface area contributed by atoms with Crippen LogP contribution < -0.4 is 0 Å². The van der Waals surface area contributed by atoms with Gasteiger partial charge < -0.3 is 4.74 Å². The van der Waals surface area contributed by atoms with Gasteiger partial charge in [-0.25, -0.2) is 0 Å². The second kappa shape index (κ2) is 5.28. The second-order valence-corrected chi connectivity index (χ2v) is 4.96. The monoisotopic (exact) mass is 212 g/mol. The van der Waals surface area contributed by atoms with Crippen LogP contribution in [0.1, 0.15) is 26.2 Å². The van der Waals surface area contributed by atoms with E-state index in [4.69, 9.17) is 4.74 Å². The Labute approximate surface area is 93.4 Å². The van der Waals surface area contributed by atoms with Gasteiger partial charge in [-0.05, 0) is 32.7 Å². The Morgan fingerprint density at radius 2 is 2.20 bits per heavy atom. The Morgan fingerprint density at radius 1 is 1.33 bits per heavy atom. The van der Waals surface area contributed by atoms with Crippen molar-refractivity contribution in [2.75, 3.05) is 39.9 Å². The standard InChI is InChI=1S/C12H24N2O/c1-11(5-9-15-2)14-8-7-13-6-3-4-12(13)10-14/h11-12H,3-10H2,1-2H3. The summed E-state index contributed by atoms with van der Waals surface area (Å²) in [5, 5.41) is 0. The number of hydrogen-bond donors (Lipinski definition) is 0. The summed E-state index contributed by atoms with van der Waals surface area (Å²) in [5.74, 6) is 0. The lowest BCUT2D eigenvalue weighted by Crippen LogP contribution is -2.52. The zero-order valence-electron chi connectivity index (χ0n) is 10.1. The summed E-state index contributed by atoms with van der Waals surface area (Å²) >= 11 is 0. The molecule has 0 amide bonds. The largest absolute Gasteiger partial charge is 0.385 e. The maximum Gasteiger partial charge on any atom is 0.0477 e. The summed E-state index contributed by atoms with van der Waals surface area (Å²) in [5.41, 5.74) is 0. The molecular formula is C12H24N2O. The van der Waals surface area contributed by atoms with E-state index >= 15 is 0 Å². The molecule has 2 rings (SSSR count). The summed E-state index contributed by atoms with van der Waals surface area (Å²) in [6.07, 6.45) is 3.99. The molecule has 2 saturated heterocycles. The molecule has 2 aliphatic rings. The van der Waals surface area contributed by atoms with E-state index < -0.39 is 0 Å². The van der Waals surface area contributed by atoms with Gasteiger partial charge in [0.1, 0.15) is 0 Å². The molecule has 88 valence electrons. The molecule has 0 saturated carbocycles. The van der Waals surface area contributed by atoms with E-state index in [9.17, 15) is 0 Å². The van der Waals surface area contributed by atoms with Crippen molar-refractivity contribution in [2.24, 2.45) is 0 Å². The number of fused-ring (bicyclic) bond motifs is 1. The van der Waals surface area contributed by atoms with E-state index in [1.807, 2.05) is 0 Å². The van der Waals surface area contributed by atoms with E-state index in [0.29, 0.717) is 6.04 Å². The van der Waals surface area contributed by atoms with Crippen LogP contribution in [0.4, 0.5) is 0 Å². The second-order valence-electron chi connectivity index (χ2n) is 4.96. The average Bonchev–Trinajstić information content (AvgIpc) is 2.72. The van der Waals surface area contributed by atoms with E-state index in [1.165, 1.54) is 45.4 Å². The third-order valence-electron chi connectivity index (χ3n) is 3.98. The first-order valence-electron chi connectivity index (χ1n) is 6.28. The Balaban J connectivity index is 1.78. The number of rotatable bonds is 4. The first kappa shape index (κ1) is 11.4. The fourth-order valence-electron chi connectivity index (χ4n) is 2.89. The van der Waals surface area contributed by atoms with Crippen LogP contribution in [0.2, 0.25) is 0 Å². The molecule has 0 aromatic rings. The summed E-state index contributed by atoms with van der Waals surface area (Å²) in [6.45, 7) is 8.38. The number of piperazine rings is 1. The molecule has 0 aliphatic carbocycles. The van der Waals surface area contributed by atoms with Crippen molar-refractivity contribution >= 4 is 0 Å². The topological polar surface area (TPSA) is 15.7 Å². The maximum absolute atomic E-state index is 5.15. The molecular weight excluding hydrogens is 188 g/mol. The van der Waals surface area contributed by atoms with E-state index in [1.54, 1.807) is 7.11 Å². The van der Waals surface area contributed by atoms with Crippen molar-refractivity contribution in [3.63, 3.8) is 0 Å². The lowest BCUT2D eigenvalue weighted by molar-refractivity contribution is 0.0626. The highest BCUT2D eigenvalue weighted by Crippen LogP contribution is 2.23. The molecule has 0 radical (unpaired) electrons. The average molecular weight is 212 g/mol. The Kier molecular flexibility index (Phi) is 4.00. The molecule has 0 aromatic carbocycles. The van der Waals surface area contributed by atoms with Crippen LogP contribution in [-0.4, -0.2) is 61.8 Å². The van der Waals surface area contributed by atoms with Crippen molar-refractivity contribution < 1.29 is 4.74 Å². The third kappa shape index (κ3) is 2.71. The molecule has 0 spiro atoms. The number of hydrogen-bond acceptors (Lipinski definition) is 3. The van der Waals surface area contributed by atoms with Crippen molar-refractivity contribution in [1.82, 2.24) is 9.80 Å². The molecule has 3 heteroatoms. The molecule has 2 fully saturated rings. The SMILES string of the molecule is COCCC(C)N1CCN2CCCC2C1. The lowest BCUT2D eigenvalue weighted by atomic mass is 10.1. The Hall–Kier alpha value is -0.120. The van der Waals surface area contributed by atoms with Crippen molar-refractivity contribution in [3.05, 3.63) is 0 Å². The van der Waals surface area contributed by atoms with Gasteiger partial charge in [0.2, 0.25) is 0 Å². The zero-order valence-corrected chi connectivity index (χ0v) is 10.1. The highest BCUT2D eigenvalue weighted by Gasteiger charge is 2.31. The molecule has 3 nitrogen and oxygen atoms in total. The normalized spacial score (nSPS) is 30.4. The Morgan fingerprint density at radius 3 is 3.00 bits per heavy atom. The summed E-state index contributed by atoms with van der Waals surface area (Å²) in [6, 6.07) is 1.54. The summed E-state index contributed by atoms with van der Waals surface area (Å²) < 4.78 is 5.15. The van der Waals surface area contributed by atoms with Gasteiger partial charge in [0.05, 0.1) is 0 Å². The van der Waals surface area contributed by atoms with Crippen LogP contribution in [0, 0.1) is 0 Å². The summed E-state index contributed by atoms with van der Waals surface area (Å²) in [4.78, 5) is 5.31. The van der Waals surface area contributed by atoms with Gasteiger partial charge in [0.15, 0.2) is 0 Å². The molecule has 2 heterocycles. The first-order valence-corrected chi connectivity index (χ1v) is 6.28. The molecule has 0 N–H and O–H groups in total. The minimum absolute atomic E-state index is 0.688. The molecule has 2 atom stereocenters. The first-order chi connectivity index (χ1) is 7.31. The number of ether oxygens (including phenoxy) is 1. The fraction of sp³-hybridized carbons (Fsp3) is 1.00. The van der Waals surface area contributed by atoms with E-state index in [2.05, 4.69) is 16.7 Å². The minimum Gasteiger partial charge on any atom is -0.385 e. The van der Waals surface area contributed by atoms with Gasteiger partial charge in [-0.2, -0.15) is 0 Å². The molecule has 0 aromatic heterocycles. The van der Waals surface area contributed by atoms with E-state index in [-0.39, 0.29) is 0 Å². The quantitative estimate of drug-likeness (QED) is 0.696. The predicted molar refractivity (Wildman–Crippen MR) is 62.1 cm³/mol. The molecule has 2 unspecified atom stereocenters. The Bertz CT molecular complexity index is 198. The van der Waals surface area contributed by atoms with E-state index in [0.717, 1.165) is 12.6 Å². The zero-order chi connectivity index (χ0) is 10.7. The van der Waals surface area contributed by atoms with Crippen LogP contribution >= 0.6 is 0 Å². The maximum atomic E-state index is 5.15.